The molecule has 1 aliphatic carbocycles. The number of quaternary nitrogens is 2. The third-order valence-electron chi connectivity index (χ3n) is 7.48. The molecule has 1 saturated heterocycles. The van der Waals surface area contributed by atoms with Gasteiger partial charge in [-0.05, 0) is 63.3 Å². The molecule has 0 radical (unpaired) electrons. The number of aryl methyl sites for hydroxylation is 1. The molecule has 158 valence electrons. The summed E-state index contributed by atoms with van der Waals surface area (Å²) in [5.74, 6) is 1.01. The van der Waals surface area contributed by atoms with Crippen LogP contribution < -0.4 is 9.80 Å². The maximum Gasteiger partial charge on any atom is 0.214 e. The summed E-state index contributed by atoms with van der Waals surface area (Å²) in [6.45, 7) is 13.7. The summed E-state index contributed by atoms with van der Waals surface area (Å²) >= 11 is 0. The lowest BCUT2D eigenvalue weighted by atomic mass is 9.98. The zero-order valence-corrected chi connectivity index (χ0v) is 18.6. The molecule has 1 aliphatic heterocycles. The van der Waals surface area contributed by atoms with E-state index in [1.54, 1.807) is 4.90 Å². The van der Waals surface area contributed by atoms with Crippen molar-refractivity contribution in [3.05, 3.63) is 41.2 Å². The highest BCUT2D eigenvalue weighted by Gasteiger charge is 2.39. The third-order valence-corrected chi connectivity index (χ3v) is 7.48. The highest BCUT2D eigenvalue weighted by atomic mass is 15.6. The topological polar surface area (TPSA) is 52.5 Å². The molecule has 2 aliphatic rings. The van der Waals surface area contributed by atoms with Crippen LogP contribution in [0.4, 0.5) is 0 Å². The van der Waals surface area contributed by atoms with Crippen LogP contribution in [0.1, 0.15) is 75.9 Å². The van der Waals surface area contributed by atoms with E-state index in [0.29, 0.717) is 0 Å². The van der Waals surface area contributed by atoms with Gasteiger partial charge in [-0.15, -0.1) is 5.10 Å². The molecule has 0 spiro atoms. The maximum atomic E-state index is 4.58. The van der Waals surface area contributed by atoms with Crippen LogP contribution in [0.5, 0.6) is 0 Å². The van der Waals surface area contributed by atoms with Crippen LogP contribution in [0.25, 0.3) is 0 Å². The van der Waals surface area contributed by atoms with Crippen molar-refractivity contribution in [1.82, 2.24) is 20.2 Å². The number of tetrazole rings is 1. The van der Waals surface area contributed by atoms with Gasteiger partial charge in [-0.2, -0.15) is 0 Å². The molecular formula is C23H38N6+2. The van der Waals surface area contributed by atoms with E-state index in [1.165, 1.54) is 63.0 Å². The van der Waals surface area contributed by atoms with E-state index >= 15 is 0 Å². The summed E-state index contributed by atoms with van der Waals surface area (Å²) < 4.78 is 2.08. The Morgan fingerprint density at radius 1 is 1.07 bits per heavy atom. The van der Waals surface area contributed by atoms with Gasteiger partial charge in [0.1, 0.15) is 26.2 Å². The van der Waals surface area contributed by atoms with Gasteiger partial charge in [-0.1, -0.05) is 36.8 Å². The van der Waals surface area contributed by atoms with Gasteiger partial charge in [-0.25, -0.2) is 4.68 Å². The number of piperazine rings is 1. The molecule has 4 rings (SSSR count). The predicted octanol–water partition coefficient (Wildman–Crippen LogP) is 0.942. The molecule has 2 N–H and O–H groups in total. The molecular weight excluding hydrogens is 360 g/mol. The number of benzene rings is 1. The minimum atomic E-state index is -0.0852. The first-order valence-corrected chi connectivity index (χ1v) is 11.5. The normalized spacial score (nSPS) is 24.7. The minimum Gasteiger partial charge on any atom is -0.323 e. The number of nitrogens with one attached hydrogen (secondary N) is 2. The average molecular weight is 399 g/mol. The molecule has 29 heavy (non-hydrogen) atoms. The van der Waals surface area contributed by atoms with Gasteiger partial charge >= 0.3 is 0 Å². The number of nitrogens with zero attached hydrogens (tertiary/aromatic N) is 4. The Bertz CT molecular complexity index is 782. The smallest absolute Gasteiger partial charge is 0.214 e. The number of hydrogen-bond acceptors (Lipinski definition) is 3. The Morgan fingerprint density at radius 2 is 1.72 bits per heavy atom. The van der Waals surface area contributed by atoms with E-state index in [9.17, 15) is 0 Å². The van der Waals surface area contributed by atoms with E-state index in [4.69, 9.17) is 0 Å². The van der Waals surface area contributed by atoms with E-state index in [-0.39, 0.29) is 11.6 Å². The molecule has 0 amide bonds. The monoisotopic (exact) mass is 398 g/mol. The molecule has 1 aromatic heterocycles. The molecule has 6 heteroatoms. The lowest BCUT2D eigenvalue weighted by Crippen LogP contribution is -3.29. The Hall–Kier alpha value is -1.79. The van der Waals surface area contributed by atoms with E-state index in [2.05, 4.69) is 72.2 Å². The van der Waals surface area contributed by atoms with Crippen LogP contribution in [-0.2, 0) is 5.54 Å². The molecule has 2 heterocycles. The molecule has 2 fully saturated rings. The first kappa shape index (κ1) is 20.5. The average Bonchev–Trinajstić information content (AvgIpc) is 3.43. The van der Waals surface area contributed by atoms with Crippen molar-refractivity contribution in [3.63, 3.8) is 0 Å². The van der Waals surface area contributed by atoms with Gasteiger partial charge < -0.3 is 9.80 Å². The zero-order chi connectivity index (χ0) is 20.4. The molecule has 1 atom stereocenters. The highest BCUT2D eigenvalue weighted by Crippen LogP contribution is 2.25. The lowest BCUT2D eigenvalue weighted by Gasteiger charge is -2.37. The van der Waals surface area contributed by atoms with Crippen LogP contribution in [0.15, 0.2) is 24.3 Å². The molecule has 1 aromatic carbocycles. The Kier molecular flexibility index (Phi) is 6.02. The summed E-state index contributed by atoms with van der Waals surface area (Å²) in [6.07, 6.45) is 6.71. The first-order valence-electron chi connectivity index (χ1n) is 11.5. The maximum absolute atomic E-state index is 4.58. The van der Waals surface area contributed by atoms with Crippen LogP contribution in [0.3, 0.4) is 0 Å². The second-order valence-electron chi connectivity index (χ2n) is 9.76. The van der Waals surface area contributed by atoms with Crippen LogP contribution in [0.2, 0.25) is 0 Å². The van der Waals surface area contributed by atoms with E-state index < -0.39 is 0 Å². The summed E-state index contributed by atoms with van der Waals surface area (Å²) in [4.78, 5) is 3.45. The molecule has 2 aromatic rings. The van der Waals surface area contributed by atoms with Crippen molar-refractivity contribution in [2.45, 2.75) is 77.4 Å². The molecule has 0 bridgehead atoms. The fraction of sp³-hybridized carbons (Fsp3) is 0.696. The standard InChI is InChI=1S/C23H36N6/c1-5-23(3,4)29-22(24-25-26-29)21(19-12-10-18(2)11-13-19)28-16-14-27(15-17-28)20-8-6-7-9-20/h10-13,20-21H,5-9,14-17H2,1-4H3/p+2/t21-/m0/s1. The van der Waals surface area contributed by atoms with Gasteiger partial charge in [0.05, 0.1) is 11.6 Å². The van der Waals surface area contributed by atoms with Crippen molar-refractivity contribution in [1.29, 1.82) is 0 Å². The summed E-state index contributed by atoms with van der Waals surface area (Å²) in [7, 11) is 0. The zero-order valence-electron chi connectivity index (χ0n) is 18.6. The Labute approximate surface area is 175 Å². The second-order valence-corrected chi connectivity index (χ2v) is 9.76. The molecule has 1 saturated carbocycles. The molecule has 6 nitrogen and oxygen atoms in total. The fourth-order valence-corrected chi connectivity index (χ4v) is 5.20. The van der Waals surface area contributed by atoms with Gasteiger partial charge in [0.25, 0.3) is 0 Å². The Morgan fingerprint density at radius 3 is 2.34 bits per heavy atom. The SMILES string of the molecule is CCC(C)(C)n1nnnc1[C@H](c1ccc(C)cc1)[NH+]1CC[NH+](C2CCCC2)CC1. The fourth-order valence-electron chi connectivity index (χ4n) is 5.20. The highest BCUT2D eigenvalue weighted by molar-refractivity contribution is 5.26. The van der Waals surface area contributed by atoms with Gasteiger partial charge in [0.15, 0.2) is 6.04 Å². The largest absolute Gasteiger partial charge is 0.323 e. The van der Waals surface area contributed by atoms with Crippen molar-refractivity contribution >= 4 is 0 Å². The number of aromatic nitrogens is 4. The van der Waals surface area contributed by atoms with Crippen molar-refractivity contribution in [2.75, 3.05) is 26.2 Å². The number of hydrogen-bond donors (Lipinski definition) is 2. The van der Waals surface area contributed by atoms with Gasteiger partial charge in [0.2, 0.25) is 5.82 Å². The number of rotatable bonds is 6. The minimum absolute atomic E-state index is 0.0852. The quantitative estimate of drug-likeness (QED) is 0.762. The van der Waals surface area contributed by atoms with Crippen LogP contribution >= 0.6 is 0 Å². The third kappa shape index (κ3) is 4.24. The summed E-state index contributed by atoms with van der Waals surface area (Å²) in [5.41, 5.74) is 2.54. The Balaban J connectivity index is 1.62. The predicted molar refractivity (Wildman–Crippen MR) is 114 cm³/mol. The van der Waals surface area contributed by atoms with Gasteiger partial charge in [-0.3, -0.25) is 0 Å². The second kappa shape index (κ2) is 8.52. The molecule has 0 unspecified atom stereocenters. The summed E-state index contributed by atoms with van der Waals surface area (Å²) in [6, 6.07) is 10.1. The lowest BCUT2D eigenvalue weighted by molar-refractivity contribution is -1.03. The van der Waals surface area contributed by atoms with Crippen molar-refractivity contribution in [3.8, 4) is 0 Å². The van der Waals surface area contributed by atoms with E-state index in [0.717, 1.165) is 18.3 Å². The van der Waals surface area contributed by atoms with Crippen LogP contribution in [-0.4, -0.2) is 52.4 Å². The van der Waals surface area contributed by atoms with Crippen LogP contribution in [0, 0.1) is 6.92 Å². The van der Waals surface area contributed by atoms with Crippen molar-refractivity contribution < 1.29 is 9.80 Å². The van der Waals surface area contributed by atoms with E-state index in [1.807, 2.05) is 4.90 Å². The van der Waals surface area contributed by atoms with Gasteiger partial charge in [0, 0.05) is 5.56 Å². The summed E-state index contributed by atoms with van der Waals surface area (Å²) in [5, 5.41) is 13.1. The van der Waals surface area contributed by atoms with Crippen molar-refractivity contribution in [2.24, 2.45) is 0 Å². The first-order chi connectivity index (χ1) is 14.0.